The standard InChI is InChI=1S/C17H25N5OS/c1-3-5-22-12-16(11-18-22)19-17(23)21-8-6-20(7-9-21)14(2)15-4-10-24-13-15/h4,10-14H,3,5-9H2,1-2H3,(H,19,23). The Hall–Kier alpha value is -1.86. The molecule has 1 saturated heterocycles. The van der Waals surface area contributed by atoms with Gasteiger partial charge in [0.1, 0.15) is 0 Å². The molecule has 0 radical (unpaired) electrons. The van der Waals surface area contributed by atoms with Crippen molar-refractivity contribution in [1.82, 2.24) is 19.6 Å². The van der Waals surface area contributed by atoms with Crippen molar-refractivity contribution >= 4 is 23.1 Å². The van der Waals surface area contributed by atoms with Gasteiger partial charge >= 0.3 is 6.03 Å². The molecule has 2 aromatic heterocycles. The van der Waals surface area contributed by atoms with E-state index in [0.717, 1.165) is 44.8 Å². The predicted molar refractivity (Wildman–Crippen MR) is 97.4 cm³/mol. The van der Waals surface area contributed by atoms with Crippen LogP contribution in [0, 0.1) is 0 Å². The Labute approximate surface area is 147 Å². The summed E-state index contributed by atoms with van der Waals surface area (Å²) < 4.78 is 1.86. The lowest BCUT2D eigenvalue weighted by Gasteiger charge is -2.37. The van der Waals surface area contributed by atoms with E-state index in [4.69, 9.17) is 0 Å². The highest BCUT2D eigenvalue weighted by Gasteiger charge is 2.25. The molecule has 130 valence electrons. The largest absolute Gasteiger partial charge is 0.322 e. The quantitative estimate of drug-likeness (QED) is 0.903. The number of carbonyl (C=O) groups excluding carboxylic acids is 1. The molecule has 0 saturated carbocycles. The molecule has 3 rings (SSSR count). The molecule has 7 heteroatoms. The number of urea groups is 1. The van der Waals surface area contributed by atoms with Gasteiger partial charge in [0.05, 0.1) is 11.9 Å². The third-order valence-corrected chi connectivity index (χ3v) is 5.21. The van der Waals surface area contributed by atoms with Crippen LogP contribution in [0.1, 0.15) is 31.9 Å². The van der Waals surface area contributed by atoms with Gasteiger partial charge in [0.15, 0.2) is 0 Å². The van der Waals surface area contributed by atoms with E-state index >= 15 is 0 Å². The van der Waals surface area contributed by atoms with E-state index in [1.165, 1.54) is 5.56 Å². The number of aryl methyl sites for hydroxylation is 1. The molecule has 2 amide bonds. The summed E-state index contributed by atoms with van der Waals surface area (Å²) in [6.07, 6.45) is 4.62. The molecule has 1 atom stereocenters. The number of piperazine rings is 1. The van der Waals surface area contributed by atoms with Gasteiger partial charge in [-0.3, -0.25) is 9.58 Å². The van der Waals surface area contributed by atoms with Crippen LogP contribution in [-0.2, 0) is 6.54 Å². The highest BCUT2D eigenvalue weighted by Crippen LogP contribution is 2.23. The van der Waals surface area contributed by atoms with Crippen molar-refractivity contribution in [1.29, 1.82) is 0 Å². The minimum Gasteiger partial charge on any atom is -0.322 e. The van der Waals surface area contributed by atoms with Gasteiger partial charge in [-0.1, -0.05) is 6.92 Å². The highest BCUT2D eigenvalue weighted by molar-refractivity contribution is 7.07. The first-order chi connectivity index (χ1) is 11.7. The van der Waals surface area contributed by atoms with Crippen molar-refractivity contribution < 1.29 is 4.79 Å². The lowest BCUT2D eigenvalue weighted by molar-refractivity contribution is 0.119. The summed E-state index contributed by atoms with van der Waals surface area (Å²) in [6.45, 7) is 8.53. The molecule has 3 heterocycles. The molecular formula is C17H25N5OS. The molecule has 24 heavy (non-hydrogen) atoms. The summed E-state index contributed by atoms with van der Waals surface area (Å²) in [6, 6.07) is 2.56. The van der Waals surface area contributed by atoms with Gasteiger partial charge < -0.3 is 10.2 Å². The first-order valence-corrected chi connectivity index (χ1v) is 9.46. The van der Waals surface area contributed by atoms with Gasteiger partial charge in [0, 0.05) is 45.0 Å². The molecule has 1 N–H and O–H groups in total. The van der Waals surface area contributed by atoms with Crippen molar-refractivity contribution in [2.75, 3.05) is 31.5 Å². The maximum atomic E-state index is 12.4. The number of nitrogens with one attached hydrogen (secondary N) is 1. The van der Waals surface area contributed by atoms with E-state index < -0.39 is 0 Å². The van der Waals surface area contributed by atoms with E-state index in [-0.39, 0.29) is 6.03 Å². The average Bonchev–Trinajstić information content (AvgIpc) is 3.27. The fraction of sp³-hybridized carbons (Fsp3) is 0.529. The smallest absolute Gasteiger partial charge is 0.322 e. The van der Waals surface area contributed by atoms with Crippen molar-refractivity contribution in [3.8, 4) is 0 Å². The Morgan fingerprint density at radius 3 is 2.83 bits per heavy atom. The third kappa shape index (κ3) is 3.96. The monoisotopic (exact) mass is 347 g/mol. The molecule has 1 aliphatic heterocycles. The van der Waals surface area contributed by atoms with E-state index in [1.54, 1.807) is 17.5 Å². The van der Waals surface area contributed by atoms with Gasteiger partial charge in [-0.15, -0.1) is 0 Å². The van der Waals surface area contributed by atoms with Crippen LogP contribution < -0.4 is 5.32 Å². The molecule has 6 nitrogen and oxygen atoms in total. The number of thiophene rings is 1. The lowest BCUT2D eigenvalue weighted by atomic mass is 10.1. The van der Waals surface area contributed by atoms with Crippen LogP contribution in [0.25, 0.3) is 0 Å². The van der Waals surface area contributed by atoms with Crippen molar-refractivity contribution in [3.63, 3.8) is 0 Å². The molecule has 0 spiro atoms. The summed E-state index contributed by atoms with van der Waals surface area (Å²) in [5, 5.41) is 11.5. The molecule has 1 aliphatic rings. The number of anilines is 1. The van der Waals surface area contributed by atoms with Crippen molar-refractivity contribution in [3.05, 3.63) is 34.8 Å². The normalized spacial score (nSPS) is 17.0. The Morgan fingerprint density at radius 1 is 1.38 bits per heavy atom. The molecule has 1 fully saturated rings. The predicted octanol–water partition coefficient (Wildman–Crippen LogP) is 3.27. The fourth-order valence-electron chi connectivity index (χ4n) is 3.02. The van der Waals surface area contributed by atoms with Crippen molar-refractivity contribution in [2.45, 2.75) is 32.9 Å². The van der Waals surface area contributed by atoms with E-state index in [2.05, 4.69) is 46.0 Å². The van der Waals surface area contributed by atoms with Crippen LogP contribution in [0.5, 0.6) is 0 Å². The van der Waals surface area contributed by atoms with Crippen LogP contribution in [0.3, 0.4) is 0 Å². The molecule has 2 aromatic rings. The Morgan fingerprint density at radius 2 is 2.17 bits per heavy atom. The van der Waals surface area contributed by atoms with Gasteiger partial charge in [0.25, 0.3) is 0 Å². The number of rotatable bonds is 5. The summed E-state index contributed by atoms with van der Waals surface area (Å²) in [5.74, 6) is 0. The SMILES string of the molecule is CCCn1cc(NC(=O)N2CCN(C(C)c3ccsc3)CC2)cn1. The Kier molecular flexibility index (Phi) is 5.52. The molecule has 0 aliphatic carbocycles. The van der Waals surface area contributed by atoms with E-state index in [9.17, 15) is 4.79 Å². The second-order valence-electron chi connectivity index (χ2n) is 6.18. The maximum absolute atomic E-state index is 12.4. The zero-order valence-corrected chi connectivity index (χ0v) is 15.1. The Balaban J connectivity index is 1.49. The van der Waals surface area contributed by atoms with Crippen LogP contribution >= 0.6 is 11.3 Å². The lowest BCUT2D eigenvalue weighted by Crippen LogP contribution is -2.50. The number of aromatic nitrogens is 2. The summed E-state index contributed by atoms with van der Waals surface area (Å²) >= 11 is 1.73. The maximum Gasteiger partial charge on any atom is 0.322 e. The zero-order chi connectivity index (χ0) is 16.9. The highest BCUT2D eigenvalue weighted by atomic mass is 32.1. The number of hydrogen-bond acceptors (Lipinski definition) is 4. The zero-order valence-electron chi connectivity index (χ0n) is 14.3. The van der Waals surface area contributed by atoms with Gasteiger partial charge in [-0.2, -0.15) is 16.4 Å². The second kappa shape index (κ2) is 7.81. The minimum absolute atomic E-state index is 0.0334. The molecule has 1 unspecified atom stereocenters. The van der Waals surface area contributed by atoms with Crippen molar-refractivity contribution in [2.24, 2.45) is 0 Å². The molecular weight excluding hydrogens is 322 g/mol. The molecule has 0 bridgehead atoms. The van der Waals surface area contributed by atoms with E-state index in [0.29, 0.717) is 6.04 Å². The third-order valence-electron chi connectivity index (χ3n) is 4.51. The number of amides is 2. The first kappa shape index (κ1) is 17.0. The van der Waals surface area contributed by atoms with Gasteiger partial charge in [-0.05, 0) is 35.7 Å². The average molecular weight is 347 g/mol. The fourth-order valence-corrected chi connectivity index (χ4v) is 3.76. The van der Waals surface area contributed by atoms with Crippen LogP contribution in [0.4, 0.5) is 10.5 Å². The van der Waals surface area contributed by atoms with Crippen LogP contribution in [0.15, 0.2) is 29.2 Å². The first-order valence-electron chi connectivity index (χ1n) is 8.52. The minimum atomic E-state index is -0.0334. The summed E-state index contributed by atoms with van der Waals surface area (Å²) in [4.78, 5) is 16.7. The van der Waals surface area contributed by atoms with Crippen LogP contribution in [0.2, 0.25) is 0 Å². The van der Waals surface area contributed by atoms with Crippen LogP contribution in [-0.4, -0.2) is 51.8 Å². The summed E-state index contributed by atoms with van der Waals surface area (Å²) in [7, 11) is 0. The summed E-state index contributed by atoms with van der Waals surface area (Å²) in [5.41, 5.74) is 2.13. The molecule has 0 aromatic carbocycles. The Bertz CT molecular complexity index is 646. The second-order valence-corrected chi connectivity index (χ2v) is 6.96. The van der Waals surface area contributed by atoms with Gasteiger partial charge in [-0.25, -0.2) is 4.79 Å². The number of hydrogen-bond donors (Lipinski definition) is 1. The van der Waals surface area contributed by atoms with E-state index in [1.807, 2.05) is 15.8 Å². The number of carbonyl (C=O) groups is 1. The van der Waals surface area contributed by atoms with Gasteiger partial charge in [0.2, 0.25) is 0 Å². The number of nitrogens with zero attached hydrogens (tertiary/aromatic N) is 4. The topological polar surface area (TPSA) is 53.4 Å².